The van der Waals surface area contributed by atoms with E-state index in [2.05, 4.69) is 20.9 Å². The van der Waals surface area contributed by atoms with Crippen molar-refractivity contribution in [2.24, 2.45) is 0 Å². The summed E-state index contributed by atoms with van der Waals surface area (Å²) in [6.07, 6.45) is 1.57. The average molecular weight is 283 g/mol. The zero-order valence-electron chi connectivity index (χ0n) is 8.31. The van der Waals surface area contributed by atoms with Crippen LogP contribution in [-0.2, 0) is 0 Å². The van der Waals surface area contributed by atoms with Gasteiger partial charge in [-0.25, -0.2) is 4.98 Å². The van der Waals surface area contributed by atoms with Gasteiger partial charge in [0.25, 0.3) is 5.69 Å². The number of benzene rings is 1. The molecule has 0 aliphatic rings. The monoisotopic (exact) mass is 282 g/mol. The minimum atomic E-state index is -0.453. The number of aryl methyl sites for hydroxylation is 1. The molecule has 0 atom stereocenters. The lowest BCUT2D eigenvalue weighted by molar-refractivity contribution is -0.384. The summed E-state index contributed by atoms with van der Waals surface area (Å²) in [5.74, 6) is 1.03. The molecule has 0 saturated carbocycles. The molecule has 6 heteroatoms. The summed E-state index contributed by atoms with van der Waals surface area (Å²) in [5.41, 5.74) is 0.580. The number of aromatic nitrogens is 1. The predicted molar refractivity (Wildman–Crippen MR) is 61.0 cm³/mol. The van der Waals surface area contributed by atoms with E-state index in [0.717, 1.165) is 0 Å². The average Bonchev–Trinajstić information content (AvgIpc) is 2.65. The minimum Gasteiger partial charge on any atom is -0.441 e. The molecule has 2 rings (SSSR count). The maximum absolute atomic E-state index is 10.6. The number of nitro benzene ring substituents is 1. The van der Waals surface area contributed by atoms with Crippen molar-refractivity contribution in [1.82, 2.24) is 4.98 Å². The highest BCUT2D eigenvalue weighted by Gasteiger charge is 2.14. The Hall–Kier alpha value is -1.69. The highest BCUT2D eigenvalue weighted by atomic mass is 79.9. The summed E-state index contributed by atoms with van der Waals surface area (Å²) in [5, 5.41) is 10.6. The predicted octanol–water partition coefficient (Wildman–Crippen LogP) is 3.32. The largest absolute Gasteiger partial charge is 0.441 e. The van der Waals surface area contributed by atoms with Crippen LogP contribution in [0.4, 0.5) is 5.69 Å². The summed E-state index contributed by atoms with van der Waals surface area (Å²) in [4.78, 5) is 14.2. The van der Waals surface area contributed by atoms with Crippen LogP contribution in [-0.4, -0.2) is 9.91 Å². The molecule has 1 aromatic carbocycles. The van der Waals surface area contributed by atoms with Gasteiger partial charge in [-0.1, -0.05) is 0 Å². The summed E-state index contributed by atoms with van der Waals surface area (Å²) in [6.45, 7) is 1.77. The molecule has 1 aromatic heterocycles. The van der Waals surface area contributed by atoms with E-state index in [1.807, 2.05) is 0 Å². The van der Waals surface area contributed by atoms with Crippen LogP contribution < -0.4 is 0 Å². The number of hydrogen-bond acceptors (Lipinski definition) is 4. The first-order valence-electron chi connectivity index (χ1n) is 4.44. The maximum Gasteiger partial charge on any atom is 0.270 e. The molecule has 0 N–H and O–H groups in total. The molecule has 5 nitrogen and oxygen atoms in total. The molecule has 82 valence electrons. The van der Waals surface area contributed by atoms with Gasteiger partial charge >= 0.3 is 0 Å². The first-order valence-corrected chi connectivity index (χ1v) is 5.24. The Bertz CT molecular complexity index is 551. The molecule has 0 aliphatic heterocycles. The second-order valence-corrected chi connectivity index (χ2v) is 4.05. The Morgan fingerprint density at radius 2 is 2.25 bits per heavy atom. The van der Waals surface area contributed by atoms with Gasteiger partial charge < -0.3 is 4.42 Å². The Labute approximate surface area is 99.4 Å². The van der Waals surface area contributed by atoms with E-state index < -0.39 is 4.92 Å². The van der Waals surface area contributed by atoms with Crippen molar-refractivity contribution in [2.75, 3.05) is 0 Å². The number of nitro groups is 1. The third-order valence-electron chi connectivity index (χ3n) is 2.01. The molecule has 0 unspecified atom stereocenters. The molecule has 2 aromatic rings. The highest BCUT2D eigenvalue weighted by Crippen LogP contribution is 2.31. The Kier molecular flexibility index (Phi) is 2.74. The van der Waals surface area contributed by atoms with E-state index >= 15 is 0 Å². The van der Waals surface area contributed by atoms with Crippen LogP contribution in [0, 0.1) is 17.0 Å². The lowest BCUT2D eigenvalue weighted by Crippen LogP contribution is -1.89. The van der Waals surface area contributed by atoms with Gasteiger partial charge in [0.05, 0.1) is 16.7 Å². The van der Waals surface area contributed by atoms with Gasteiger partial charge in [0.1, 0.15) is 5.76 Å². The van der Waals surface area contributed by atoms with Gasteiger partial charge in [0.2, 0.25) is 5.89 Å². The van der Waals surface area contributed by atoms with Crippen LogP contribution in [0.2, 0.25) is 0 Å². The van der Waals surface area contributed by atoms with Gasteiger partial charge in [0.15, 0.2) is 0 Å². The van der Waals surface area contributed by atoms with E-state index in [1.165, 1.54) is 12.1 Å². The molecule has 0 aliphatic carbocycles. The standard InChI is InChI=1S/C10H7BrN2O3/c1-6-5-12-10(16-6)8-4-7(13(14)15)2-3-9(8)11/h2-5H,1H3. The van der Waals surface area contributed by atoms with Crippen molar-refractivity contribution < 1.29 is 9.34 Å². The third kappa shape index (κ3) is 1.96. The molecule has 16 heavy (non-hydrogen) atoms. The number of non-ortho nitro benzene ring substituents is 1. The molecule has 1 heterocycles. The lowest BCUT2D eigenvalue weighted by Gasteiger charge is -1.99. The molecular weight excluding hydrogens is 276 g/mol. The fourth-order valence-corrected chi connectivity index (χ4v) is 1.69. The Morgan fingerprint density at radius 1 is 1.50 bits per heavy atom. The van der Waals surface area contributed by atoms with Crippen LogP contribution >= 0.6 is 15.9 Å². The third-order valence-corrected chi connectivity index (χ3v) is 2.70. The minimum absolute atomic E-state index is 0.00838. The fourth-order valence-electron chi connectivity index (χ4n) is 1.27. The normalized spacial score (nSPS) is 10.4. The zero-order chi connectivity index (χ0) is 11.7. The van der Waals surface area contributed by atoms with Gasteiger partial charge in [-0.2, -0.15) is 0 Å². The van der Waals surface area contributed by atoms with Crippen molar-refractivity contribution in [2.45, 2.75) is 6.92 Å². The van der Waals surface area contributed by atoms with Gasteiger partial charge in [-0.15, -0.1) is 0 Å². The molecule has 0 amide bonds. The van der Waals surface area contributed by atoms with Crippen molar-refractivity contribution in [3.8, 4) is 11.5 Å². The van der Waals surface area contributed by atoms with Crippen LogP contribution in [0.3, 0.4) is 0 Å². The summed E-state index contributed by atoms with van der Waals surface area (Å²) in [7, 11) is 0. The fraction of sp³-hybridized carbons (Fsp3) is 0.100. The molecule has 0 fully saturated rings. The lowest BCUT2D eigenvalue weighted by atomic mass is 10.2. The zero-order valence-corrected chi connectivity index (χ0v) is 9.89. The van der Waals surface area contributed by atoms with E-state index in [1.54, 1.807) is 19.2 Å². The van der Waals surface area contributed by atoms with Gasteiger partial charge in [-0.05, 0) is 28.9 Å². The van der Waals surface area contributed by atoms with Crippen LogP contribution in [0.1, 0.15) is 5.76 Å². The molecule has 0 saturated heterocycles. The molecule has 0 bridgehead atoms. The Morgan fingerprint density at radius 3 is 2.81 bits per heavy atom. The maximum atomic E-state index is 10.6. The Balaban J connectivity index is 2.55. The molecular formula is C10H7BrN2O3. The van der Waals surface area contributed by atoms with Crippen molar-refractivity contribution in [1.29, 1.82) is 0 Å². The van der Waals surface area contributed by atoms with E-state index in [0.29, 0.717) is 21.7 Å². The molecule has 0 radical (unpaired) electrons. The van der Waals surface area contributed by atoms with Gasteiger partial charge in [-0.3, -0.25) is 10.1 Å². The van der Waals surface area contributed by atoms with Crippen molar-refractivity contribution in [3.05, 3.63) is 44.7 Å². The number of rotatable bonds is 2. The van der Waals surface area contributed by atoms with E-state index in [4.69, 9.17) is 4.42 Å². The van der Waals surface area contributed by atoms with E-state index in [-0.39, 0.29) is 5.69 Å². The summed E-state index contributed by atoms with van der Waals surface area (Å²) >= 11 is 3.30. The van der Waals surface area contributed by atoms with Crippen LogP contribution in [0.25, 0.3) is 11.5 Å². The summed E-state index contributed by atoms with van der Waals surface area (Å²) < 4.78 is 6.03. The highest BCUT2D eigenvalue weighted by molar-refractivity contribution is 9.10. The van der Waals surface area contributed by atoms with Crippen molar-refractivity contribution >= 4 is 21.6 Å². The van der Waals surface area contributed by atoms with Crippen molar-refractivity contribution in [3.63, 3.8) is 0 Å². The SMILES string of the molecule is Cc1cnc(-c2cc([N+](=O)[O-])ccc2Br)o1. The first-order chi connectivity index (χ1) is 7.58. The topological polar surface area (TPSA) is 69.2 Å². The van der Waals surface area contributed by atoms with Crippen LogP contribution in [0.5, 0.6) is 0 Å². The number of nitrogens with zero attached hydrogens (tertiary/aromatic N) is 2. The number of halogens is 1. The van der Waals surface area contributed by atoms with Gasteiger partial charge in [0, 0.05) is 16.6 Å². The number of oxazole rings is 1. The smallest absolute Gasteiger partial charge is 0.270 e. The van der Waals surface area contributed by atoms with E-state index in [9.17, 15) is 10.1 Å². The quantitative estimate of drug-likeness (QED) is 0.626. The second-order valence-electron chi connectivity index (χ2n) is 3.20. The summed E-state index contributed by atoms with van der Waals surface area (Å²) in [6, 6.07) is 4.45. The van der Waals surface area contributed by atoms with Crippen LogP contribution in [0.15, 0.2) is 33.3 Å². The first kappa shape index (κ1) is 10.8. The number of hydrogen-bond donors (Lipinski definition) is 0. The molecule has 0 spiro atoms. The second kappa shape index (κ2) is 4.05.